The molecule has 0 unspecified atom stereocenters. The molecule has 0 atom stereocenters. The quantitative estimate of drug-likeness (QED) is 0.371. The van der Waals surface area contributed by atoms with Crippen molar-refractivity contribution in [1.29, 1.82) is 0 Å². The van der Waals surface area contributed by atoms with Gasteiger partial charge >= 0.3 is 0 Å². The molecule has 0 spiro atoms. The maximum Gasteiger partial charge on any atom is 0.258 e. The topological polar surface area (TPSA) is 40.6 Å². The van der Waals surface area contributed by atoms with Crippen molar-refractivity contribution < 1.29 is 9.59 Å². The normalized spacial score (nSPS) is 14.5. The van der Waals surface area contributed by atoms with Gasteiger partial charge in [0.25, 0.3) is 11.8 Å². The van der Waals surface area contributed by atoms with E-state index in [2.05, 4.69) is 30.3 Å². The number of amides is 2. The average Bonchev–Trinajstić information content (AvgIpc) is 3.10. The molecule has 2 amide bonds. The van der Waals surface area contributed by atoms with E-state index in [0.717, 1.165) is 12.8 Å². The maximum absolute atomic E-state index is 13.4. The maximum atomic E-state index is 13.4. The van der Waals surface area contributed by atoms with Gasteiger partial charge in [-0.05, 0) is 59.9 Å². The second-order valence-electron chi connectivity index (χ2n) is 8.05. The van der Waals surface area contributed by atoms with Crippen molar-refractivity contribution >= 4 is 34.0 Å². The summed E-state index contributed by atoms with van der Waals surface area (Å²) in [5.41, 5.74) is 2.65. The highest BCUT2D eigenvalue weighted by Gasteiger charge is 2.46. The van der Waals surface area contributed by atoms with Crippen LogP contribution in [0.2, 0.25) is 0 Å². The molecule has 5 rings (SSSR count). The number of aryl methyl sites for hydroxylation is 1. The Morgan fingerprint density at radius 2 is 1.12 bits per heavy atom. The van der Waals surface area contributed by atoms with Gasteiger partial charge in [0.15, 0.2) is 0 Å². The lowest BCUT2D eigenvalue weighted by atomic mass is 9.96. The molecule has 158 valence electrons. The lowest BCUT2D eigenvalue weighted by molar-refractivity contribution is -0.127. The third kappa shape index (κ3) is 3.65. The predicted molar refractivity (Wildman–Crippen MR) is 128 cm³/mol. The first-order chi connectivity index (χ1) is 15.7. The third-order valence-electron chi connectivity index (χ3n) is 6.03. The van der Waals surface area contributed by atoms with Gasteiger partial charge in [0.2, 0.25) is 0 Å². The summed E-state index contributed by atoms with van der Waals surface area (Å²) in [5.74, 6) is -1.00. The van der Waals surface area contributed by atoms with Gasteiger partial charge in [-0.25, -0.2) is 10.0 Å². The summed E-state index contributed by atoms with van der Waals surface area (Å²) in [7, 11) is 0. The van der Waals surface area contributed by atoms with E-state index in [1.807, 2.05) is 72.8 Å². The van der Waals surface area contributed by atoms with Crippen LogP contribution in [0.3, 0.4) is 0 Å². The Hall–Kier alpha value is -3.92. The molecule has 4 aromatic rings. The van der Waals surface area contributed by atoms with Crippen molar-refractivity contribution in [2.45, 2.75) is 19.3 Å². The summed E-state index contributed by atoms with van der Waals surface area (Å²) in [6, 6.07) is 33.4. The van der Waals surface area contributed by atoms with Crippen molar-refractivity contribution in [1.82, 2.24) is 0 Å². The van der Waals surface area contributed by atoms with E-state index in [1.54, 1.807) is 0 Å². The first kappa shape index (κ1) is 20.0. The molecule has 0 saturated carbocycles. The van der Waals surface area contributed by atoms with Gasteiger partial charge in [-0.2, -0.15) is 0 Å². The summed E-state index contributed by atoms with van der Waals surface area (Å²) in [4.78, 5) is 26.8. The minimum absolute atomic E-state index is 0.164. The lowest BCUT2D eigenvalue weighted by Crippen LogP contribution is -2.41. The zero-order valence-corrected chi connectivity index (χ0v) is 17.7. The van der Waals surface area contributed by atoms with Crippen LogP contribution < -0.4 is 10.0 Å². The minimum Gasteiger partial charge on any atom is -0.272 e. The molecule has 1 aliphatic rings. The van der Waals surface area contributed by atoms with Crippen LogP contribution in [-0.2, 0) is 16.0 Å². The van der Waals surface area contributed by atoms with E-state index in [1.165, 1.54) is 26.4 Å². The Labute approximate surface area is 187 Å². The number of para-hydroxylation sites is 2. The molecular weight excluding hydrogens is 396 g/mol. The predicted octanol–water partition coefficient (Wildman–Crippen LogP) is 5.77. The van der Waals surface area contributed by atoms with Crippen LogP contribution in [0, 0.1) is 5.92 Å². The summed E-state index contributed by atoms with van der Waals surface area (Å²) in [6.45, 7) is 0. The van der Waals surface area contributed by atoms with E-state index >= 15 is 0 Å². The largest absolute Gasteiger partial charge is 0.272 e. The Morgan fingerprint density at radius 1 is 0.594 bits per heavy atom. The number of hydrogen-bond acceptors (Lipinski definition) is 2. The molecule has 0 aliphatic carbocycles. The highest BCUT2D eigenvalue weighted by atomic mass is 16.2. The number of hydrazine groups is 1. The molecule has 1 fully saturated rings. The number of fused-ring (bicyclic) bond motifs is 1. The molecule has 0 N–H and O–H groups in total. The Kier molecular flexibility index (Phi) is 5.42. The molecule has 0 aromatic heterocycles. The number of carbonyl (C=O) groups excluding carboxylic acids is 2. The average molecular weight is 421 g/mol. The number of rotatable bonds is 6. The summed E-state index contributed by atoms with van der Waals surface area (Å²) in [6.07, 6.45) is 2.12. The van der Waals surface area contributed by atoms with Crippen LogP contribution in [-0.4, -0.2) is 11.8 Å². The standard InChI is InChI=1S/C28H24N2O2/c31-27-26(20-10-14-22-13-9-12-21-11-7-8-19-25(21)22)28(32)30(24-17-5-2-6-18-24)29(27)23-15-3-1-4-16-23/h1-9,11-13,15-19,26H,10,14,20H2. The van der Waals surface area contributed by atoms with Crippen molar-refractivity contribution in [3.63, 3.8) is 0 Å². The van der Waals surface area contributed by atoms with Crippen molar-refractivity contribution in [2.24, 2.45) is 5.92 Å². The van der Waals surface area contributed by atoms with Crippen LogP contribution in [0.25, 0.3) is 10.8 Å². The van der Waals surface area contributed by atoms with E-state index in [-0.39, 0.29) is 11.8 Å². The van der Waals surface area contributed by atoms with Gasteiger partial charge < -0.3 is 0 Å². The number of hydrogen-bond donors (Lipinski definition) is 0. The zero-order valence-electron chi connectivity index (χ0n) is 17.7. The summed E-state index contributed by atoms with van der Waals surface area (Å²) >= 11 is 0. The highest BCUT2D eigenvalue weighted by Crippen LogP contribution is 2.34. The van der Waals surface area contributed by atoms with Crippen LogP contribution in [0.1, 0.15) is 18.4 Å². The Bertz CT molecular complexity index is 1190. The van der Waals surface area contributed by atoms with Gasteiger partial charge in [0, 0.05) is 0 Å². The fraction of sp³-hybridized carbons (Fsp3) is 0.143. The number of carbonyl (C=O) groups is 2. The van der Waals surface area contributed by atoms with Gasteiger partial charge in [-0.15, -0.1) is 0 Å². The molecule has 4 aromatic carbocycles. The van der Waals surface area contributed by atoms with Crippen molar-refractivity contribution in [3.05, 3.63) is 109 Å². The molecule has 4 heteroatoms. The monoisotopic (exact) mass is 420 g/mol. The molecule has 1 aliphatic heterocycles. The molecule has 4 nitrogen and oxygen atoms in total. The van der Waals surface area contributed by atoms with Crippen LogP contribution in [0.4, 0.5) is 11.4 Å². The first-order valence-corrected chi connectivity index (χ1v) is 11.0. The molecule has 1 heterocycles. The highest BCUT2D eigenvalue weighted by molar-refractivity contribution is 6.23. The number of nitrogens with zero attached hydrogens (tertiary/aromatic N) is 2. The summed E-state index contributed by atoms with van der Waals surface area (Å²) < 4.78 is 0. The van der Waals surface area contributed by atoms with E-state index in [0.29, 0.717) is 17.8 Å². The Balaban J connectivity index is 1.39. The first-order valence-electron chi connectivity index (χ1n) is 11.0. The number of anilines is 2. The smallest absolute Gasteiger partial charge is 0.258 e. The van der Waals surface area contributed by atoms with Gasteiger partial charge in [-0.1, -0.05) is 78.9 Å². The second-order valence-corrected chi connectivity index (χ2v) is 8.05. The molecule has 1 saturated heterocycles. The van der Waals surface area contributed by atoms with Gasteiger partial charge in [0.1, 0.15) is 5.92 Å². The lowest BCUT2D eigenvalue weighted by Gasteiger charge is -2.27. The second kappa shape index (κ2) is 8.67. The molecular formula is C28H24N2O2. The van der Waals surface area contributed by atoms with Crippen LogP contribution in [0.15, 0.2) is 103 Å². The minimum atomic E-state index is -0.676. The molecule has 32 heavy (non-hydrogen) atoms. The zero-order chi connectivity index (χ0) is 21.9. The van der Waals surface area contributed by atoms with Gasteiger partial charge in [-0.3, -0.25) is 9.59 Å². The fourth-order valence-corrected chi connectivity index (χ4v) is 4.48. The molecule has 0 radical (unpaired) electrons. The van der Waals surface area contributed by atoms with Crippen LogP contribution in [0.5, 0.6) is 0 Å². The Morgan fingerprint density at radius 3 is 1.75 bits per heavy atom. The van der Waals surface area contributed by atoms with Crippen molar-refractivity contribution in [2.75, 3.05) is 10.0 Å². The van der Waals surface area contributed by atoms with Gasteiger partial charge in [0.05, 0.1) is 11.4 Å². The molecule has 0 bridgehead atoms. The third-order valence-corrected chi connectivity index (χ3v) is 6.03. The number of benzene rings is 4. The van der Waals surface area contributed by atoms with E-state index in [4.69, 9.17) is 0 Å². The fourth-order valence-electron chi connectivity index (χ4n) is 4.48. The summed E-state index contributed by atoms with van der Waals surface area (Å²) in [5, 5.41) is 5.50. The van der Waals surface area contributed by atoms with E-state index < -0.39 is 5.92 Å². The SMILES string of the molecule is O=C1C(CCCc2cccc3ccccc23)C(=O)N(c2ccccc2)N1c1ccccc1. The van der Waals surface area contributed by atoms with Crippen molar-refractivity contribution in [3.8, 4) is 0 Å². The van der Waals surface area contributed by atoms with Crippen LogP contribution >= 0.6 is 0 Å². The van der Waals surface area contributed by atoms with E-state index in [9.17, 15) is 9.59 Å².